The summed E-state index contributed by atoms with van der Waals surface area (Å²) in [4.78, 5) is 0. The number of allylic oxidation sites excluding steroid dienone is 2. The molecule has 0 aromatic heterocycles. The molecule has 1 fully saturated rings. The maximum Gasteiger partial charge on any atom is -0.0118 e. The van der Waals surface area contributed by atoms with Crippen molar-refractivity contribution in [1.29, 1.82) is 0 Å². The first-order valence-corrected chi connectivity index (χ1v) is 6.51. The van der Waals surface area contributed by atoms with Crippen molar-refractivity contribution >= 4 is 0 Å². The fourth-order valence-corrected chi connectivity index (χ4v) is 2.75. The summed E-state index contributed by atoms with van der Waals surface area (Å²) in [5.41, 5.74) is 0.599. The fourth-order valence-electron chi connectivity index (χ4n) is 2.75. The van der Waals surface area contributed by atoms with E-state index in [1.54, 1.807) is 0 Å². The Balaban J connectivity index is 2.50. The van der Waals surface area contributed by atoms with Crippen molar-refractivity contribution in [1.82, 2.24) is 0 Å². The van der Waals surface area contributed by atoms with Gasteiger partial charge in [0, 0.05) is 0 Å². The van der Waals surface area contributed by atoms with Crippen molar-refractivity contribution in [2.45, 2.75) is 71.6 Å². The highest BCUT2D eigenvalue weighted by atomic mass is 14.3. The summed E-state index contributed by atoms with van der Waals surface area (Å²) in [5, 5.41) is 0. The topological polar surface area (TPSA) is 0 Å². The van der Waals surface area contributed by atoms with E-state index in [0.29, 0.717) is 5.41 Å². The summed E-state index contributed by atoms with van der Waals surface area (Å²) in [6, 6.07) is 0. The number of rotatable bonds is 5. The third-order valence-electron chi connectivity index (χ3n) is 3.52. The third-order valence-corrected chi connectivity index (χ3v) is 3.52. The van der Waals surface area contributed by atoms with Crippen molar-refractivity contribution in [3.63, 3.8) is 0 Å². The lowest BCUT2D eigenvalue weighted by molar-refractivity contribution is 0.236. The van der Waals surface area contributed by atoms with Gasteiger partial charge in [-0.05, 0) is 31.1 Å². The van der Waals surface area contributed by atoms with Crippen molar-refractivity contribution < 1.29 is 0 Å². The second-order valence-corrected chi connectivity index (χ2v) is 4.86. The molecule has 82 valence electrons. The molecule has 0 saturated heterocycles. The highest BCUT2D eigenvalue weighted by Gasteiger charge is 2.27. The summed E-state index contributed by atoms with van der Waals surface area (Å²) in [6.07, 6.45) is 17.6. The minimum absolute atomic E-state index is 0.599. The van der Waals surface area contributed by atoms with Gasteiger partial charge in [0.15, 0.2) is 0 Å². The molecule has 1 aliphatic rings. The van der Waals surface area contributed by atoms with E-state index in [-0.39, 0.29) is 0 Å². The largest absolute Gasteiger partial charge is 0.0880 e. The molecule has 1 rings (SSSR count). The van der Waals surface area contributed by atoms with Crippen LogP contribution in [0.3, 0.4) is 0 Å². The summed E-state index contributed by atoms with van der Waals surface area (Å²) >= 11 is 0. The van der Waals surface area contributed by atoms with E-state index in [9.17, 15) is 0 Å². The average molecular weight is 194 g/mol. The van der Waals surface area contributed by atoms with Crippen LogP contribution >= 0.6 is 0 Å². The van der Waals surface area contributed by atoms with Gasteiger partial charge in [-0.25, -0.2) is 0 Å². The zero-order valence-corrected chi connectivity index (χ0v) is 10.0. The minimum atomic E-state index is 0.599. The molecule has 1 aliphatic carbocycles. The van der Waals surface area contributed by atoms with Crippen molar-refractivity contribution in [2.24, 2.45) is 5.41 Å². The third kappa shape index (κ3) is 3.48. The quantitative estimate of drug-likeness (QED) is 0.534. The van der Waals surface area contributed by atoms with Gasteiger partial charge in [0.05, 0.1) is 0 Å². The number of hydrogen-bond acceptors (Lipinski definition) is 0. The van der Waals surface area contributed by atoms with Crippen LogP contribution in [0.15, 0.2) is 12.2 Å². The minimum Gasteiger partial charge on any atom is -0.0880 e. The van der Waals surface area contributed by atoms with Crippen LogP contribution in [0.2, 0.25) is 0 Å². The van der Waals surface area contributed by atoms with Gasteiger partial charge in [0.1, 0.15) is 0 Å². The predicted octanol–water partition coefficient (Wildman–Crippen LogP) is 5.09. The lowest BCUT2D eigenvalue weighted by Crippen LogP contribution is -2.21. The molecule has 0 N–H and O–H groups in total. The van der Waals surface area contributed by atoms with Crippen LogP contribution < -0.4 is 0 Å². The molecule has 0 amide bonds. The molecule has 0 atom stereocenters. The molecule has 0 heteroatoms. The first kappa shape index (κ1) is 11.8. The lowest BCUT2D eigenvalue weighted by Gasteiger charge is -2.34. The Morgan fingerprint density at radius 3 is 2.29 bits per heavy atom. The second kappa shape index (κ2) is 6.27. The Kier molecular flexibility index (Phi) is 5.29. The molecule has 14 heavy (non-hydrogen) atoms. The molecule has 0 heterocycles. The van der Waals surface area contributed by atoms with Gasteiger partial charge in [0.2, 0.25) is 0 Å². The molecule has 0 aromatic carbocycles. The van der Waals surface area contributed by atoms with Gasteiger partial charge < -0.3 is 0 Å². The van der Waals surface area contributed by atoms with Gasteiger partial charge in [-0.1, -0.05) is 58.1 Å². The molecule has 0 radical (unpaired) electrons. The SMILES string of the molecule is CCCC=CC1(CCC)CCCCC1. The zero-order chi connectivity index (χ0) is 10.3. The van der Waals surface area contributed by atoms with Gasteiger partial charge in [-0.15, -0.1) is 0 Å². The highest BCUT2D eigenvalue weighted by Crippen LogP contribution is 2.41. The standard InChI is InChI=1S/C14H26/c1-3-5-7-11-14(10-4-2)12-8-6-9-13-14/h7,11H,3-6,8-10,12-13H2,1-2H3. The predicted molar refractivity (Wildman–Crippen MR) is 64.5 cm³/mol. The summed E-state index contributed by atoms with van der Waals surface area (Å²) in [6.45, 7) is 4.59. The van der Waals surface area contributed by atoms with Crippen LogP contribution in [-0.2, 0) is 0 Å². The molecule has 0 unspecified atom stereocenters. The normalized spacial score (nSPS) is 21.6. The summed E-state index contributed by atoms with van der Waals surface area (Å²) in [7, 11) is 0. The smallest absolute Gasteiger partial charge is 0.0118 e. The average Bonchev–Trinajstić information content (AvgIpc) is 2.20. The van der Waals surface area contributed by atoms with Crippen molar-refractivity contribution in [3.8, 4) is 0 Å². The van der Waals surface area contributed by atoms with Gasteiger partial charge in [-0.3, -0.25) is 0 Å². The van der Waals surface area contributed by atoms with E-state index in [0.717, 1.165) is 0 Å². The molecule has 0 aromatic rings. The van der Waals surface area contributed by atoms with Crippen LogP contribution in [0.4, 0.5) is 0 Å². The van der Waals surface area contributed by atoms with Gasteiger partial charge in [-0.2, -0.15) is 0 Å². The Bertz CT molecular complexity index is 155. The zero-order valence-electron chi connectivity index (χ0n) is 10.0. The summed E-state index contributed by atoms with van der Waals surface area (Å²) in [5.74, 6) is 0. The van der Waals surface area contributed by atoms with E-state index >= 15 is 0 Å². The van der Waals surface area contributed by atoms with Crippen LogP contribution in [-0.4, -0.2) is 0 Å². The van der Waals surface area contributed by atoms with Gasteiger partial charge >= 0.3 is 0 Å². The Labute approximate surface area is 89.8 Å². The van der Waals surface area contributed by atoms with E-state index in [2.05, 4.69) is 26.0 Å². The van der Waals surface area contributed by atoms with Crippen molar-refractivity contribution in [3.05, 3.63) is 12.2 Å². The monoisotopic (exact) mass is 194 g/mol. The molecule has 0 nitrogen and oxygen atoms in total. The Hall–Kier alpha value is -0.260. The van der Waals surface area contributed by atoms with E-state index < -0.39 is 0 Å². The van der Waals surface area contributed by atoms with Crippen molar-refractivity contribution in [2.75, 3.05) is 0 Å². The summed E-state index contributed by atoms with van der Waals surface area (Å²) < 4.78 is 0. The lowest BCUT2D eigenvalue weighted by atomic mass is 9.71. The molecular weight excluding hydrogens is 168 g/mol. The molecule has 0 spiro atoms. The van der Waals surface area contributed by atoms with E-state index in [1.807, 2.05) is 0 Å². The fraction of sp³-hybridized carbons (Fsp3) is 0.857. The maximum absolute atomic E-state index is 2.55. The molecular formula is C14H26. The second-order valence-electron chi connectivity index (χ2n) is 4.86. The first-order chi connectivity index (χ1) is 6.83. The Morgan fingerprint density at radius 1 is 1.00 bits per heavy atom. The van der Waals surface area contributed by atoms with E-state index in [1.165, 1.54) is 57.8 Å². The molecule has 0 bridgehead atoms. The molecule has 0 aliphatic heterocycles. The highest BCUT2D eigenvalue weighted by molar-refractivity contribution is 5.00. The Morgan fingerprint density at radius 2 is 1.71 bits per heavy atom. The molecule has 1 saturated carbocycles. The number of hydrogen-bond donors (Lipinski definition) is 0. The first-order valence-electron chi connectivity index (χ1n) is 6.51. The van der Waals surface area contributed by atoms with Crippen LogP contribution in [0.5, 0.6) is 0 Å². The maximum atomic E-state index is 2.55. The van der Waals surface area contributed by atoms with Crippen LogP contribution in [0.25, 0.3) is 0 Å². The number of unbranched alkanes of at least 4 members (excludes halogenated alkanes) is 1. The van der Waals surface area contributed by atoms with E-state index in [4.69, 9.17) is 0 Å². The van der Waals surface area contributed by atoms with Crippen LogP contribution in [0.1, 0.15) is 71.6 Å². The van der Waals surface area contributed by atoms with Crippen LogP contribution in [0, 0.1) is 5.41 Å². The van der Waals surface area contributed by atoms with Gasteiger partial charge in [0.25, 0.3) is 0 Å².